The van der Waals surface area contributed by atoms with Crippen LogP contribution in [0, 0.1) is 0 Å². The lowest BCUT2D eigenvalue weighted by Gasteiger charge is -2.28. The van der Waals surface area contributed by atoms with Crippen LogP contribution in [0.2, 0.25) is 0 Å². The van der Waals surface area contributed by atoms with Crippen LogP contribution >= 0.6 is 11.8 Å². The number of carboxylic acid groups (broad SMARTS) is 1. The van der Waals surface area contributed by atoms with Gasteiger partial charge in [-0.15, -0.1) is 11.8 Å². The molecule has 2 unspecified atom stereocenters. The quantitative estimate of drug-likeness (QED) is 0.770. The van der Waals surface area contributed by atoms with Crippen molar-refractivity contribution in [3.05, 3.63) is 0 Å². The second-order valence-corrected chi connectivity index (χ2v) is 6.92. The summed E-state index contributed by atoms with van der Waals surface area (Å²) in [5.74, 6) is -0.426. The van der Waals surface area contributed by atoms with Crippen molar-refractivity contribution in [3.63, 3.8) is 0 Å². The number of aliphatic carboxylic acids is 1. The number of rotatable bonds is 6. The van der Waals surface area contributed by atoms with E-state index in [1.807, 2.05) is 11.8 Å². The molecule has 1 aliphatic heterocycles. The van der Waals surface area contributed by atoms with E-state index in [0.29, 0.717) is 12.2 Å². The van der Waals surface area contributed by atoms with Crippen molar-refractivity contribution in [1.29, 1.82) is 0 Å². The molecule has 0 saturated carbocycles. The van der Waals surface area contributed by atoms with Gasteiger partial charge in [0.25, 0.3) is 0 Å². The van der Waals surface area contributed by atoms with Gasteiger partial charge in [-0.2, -0.15) is 0 Å². The van der Waals surface area contributed by atoms with Crippen molar-refractivity contribution in [1.82, 2.24) is 4.90 Å². The molecule has 0 aromatic carbocycles. The Morgan fingerprint density at radius 2 is 1.95 bits per heavy atom. The highest BCUT2D eigenvalue weighted by atomic mass is 32.2. The minimum Gasteiger partial charge on any atom is -0.480 e. The zero-order valence-electron chi connectivity index (χ0n) is 11.7. The summed E-state index contributed by atoms with van der Waals surface area (Å²) < 4.78 is 0. The number of thioether (sulfide) groups is 1. The van der Waals surface area contributed by atoms with E-state index in [0.717, 1.165) is 25.9 Å². The predicted octanol–water partition coefficient (Wildman–Crippen LogP) is 1.31. The van der Waals surface area contributed by atoms with E-state index in [4.69, 9.17) is 10.8 Å². The molecule has 1 heterocycles. The van der Waals surface area contributed by atoms with Gasteiger partial charge in [-0.3, -0.25) is 9.59 Å². The van der Waals surface area contributed by atoms with Crippen LogP contribution in [0.5, 0.6) is 0 Å². The Bertz CT molecular complexity index is 328. The van der Waals surface area contributed by atoms with E-state index in [9.17, 15) is 9.59 Å². The first-order chi connectivity index (χ1) is 8.83. The Labute approximate surface area is 118 Å². The van der Waals surface area contributed by atoms with Crippen molar-refractivity contribution in [2.75, 3.05) is 18.8 Å². The van der Waals surface area contributed by atoms with Crippen LogP contribution in [0.25, 0.3) is 0 Å². The maximum Gasteiger partial charge on any atom is 0.323 e. The number of carboxylic acids is 1. The van der Waals surface area contributed by atoms with Gasteiger partial charge in [0.2, 0.25) is 5.91 Å². The molecule has 110 valence electrons. The largest absolute Gasteiger partial charge is 0.480 e. The van der Waals surface area contributed by atoms with E-state index in [-0.39, 0.29) is 11.2 Å². The third-order valence-corrected chi connectivity index (χ3v) is 4.55. The molecule has 2 atom stereocenters. The Balaban J connectivity index is 2.31. The number of likely N-dealkylation sites (tertiary alicyclic amines) is 1. The van der Waals surface area contributed by atoms with Gasteiger partial charge in [0.1, 0.15) is 5.54 Å². The summed E-state index contributed by atoms with van der Waals surface area (Å²) >= 11 is 1.49. The Hall–Kier alpha value is -0.750. The number of carbonyl (C=O) groups excluding carboxylic acids is 1. The normalized spacial score (nSPS) is 20.7. The average Bonchev–Trinajstić information content (AvgIpc) is 2.36. The molecule has 6 heteroatoms. The first-order valence-electron chi connectivity index (χ1n) is 6.74. The molecule has 1 rings (SSSR count). The number of carbonyl (C=O) groups is 2. The summed E-state index contributed by atoms with van der Waals surface area (Å²) in [6.07, 6.45) is 3.75. The van der Waals surface area contributed by atoms with Gasteiger partial charge in [0, 0.05) is 18.3 Å². The Kier molecular flexibility index (Phi) is 6.13. The topological polar surface area (TPSA) is 83.6 Å². The zero-order valence-corrected chi connectivity index (χ0v) is 12.5. The maximum absolute atomic E-state index is 12.0. The average molecular weight is 288 g/mol. The fraction of sp³-hybridized carbons (Fsp3) is 0.846. The molecular weight excluding hydrogens is 264 g/mol. The molecule has 0 aromatic heterocycles. The Morgan fingerprint density at radius 3 is 2.47 bits per heavy atom. The molecule has 0 spiro atoms. The Morgan fingerprint density at radius 1 is 1.37 bits per heavy atom. The molecule has 1 fully saturated rings. The summed E-state index contributed by atoms with van der Waals surface area (Å²) in [6, 6.07) is 0. The van der Waals surface area contributed by atoms with Gasteiger partial charge in [-0.05, 0) is 32.6 Å². The maximum atomic E-state index is 12.0. The third kappa shape index (κ3) is 5.40. The van der Waals surface area contributed by atoms with Crippen LogP contribution in [0.4, 0.5) is 0 Å². The predicted molar refractivity (Wildman–Crippen MR) is 77.2 cm³/mol. The fourth-order valence-corrected chi connectivity index (χ4v) is 3.27. The first kappa shape index (κ1) is 16.3. The highest BCUT2D eigenvalue weighted by Crippen LogP contribution is 2.21. The van der Waals surface area contributed by atoms with Crippen LogP contribution in [-0.4, -0.2) is 51.5 Å². The molecule has 1 aliphatic rings. The molecule has 0 bridgehead atoms. The van der Waals surface area contributed by atoms with Gasteiger partial charge in [0.15, 0.2) is 0 Å². The van der Waals surface area contributed by atoms with Crippen molar-refractivity contribution in [2.24, 2.45) is 5.73 Å². The molecule has 3 N–H and O–H groups in total. The summed E-state index contributed by atoms with van der Waals surface area (Å²) in [5.41, 5.74) is 4.48. The second kappa shape index (κ2) is 7.14. The number of nitrogens with two attached hydrogens (primary N) is 1. The lowest BCUT2D eigenvalue weighted by atomic mass is 9.98. The van der Waals surface area contributed by atoms with Crippen molar-refractivity contribution >= 4 is 23.6 Å². The van der Waals surface area contributed by atoms with Gasteiger partial charge < -0.3 is 15.7 Å². The van der Waals surface area contributed by atoms with Crippen molar-refractivity contribution < 1.29 is 14.7 Å². The zero-order chi connectivity index (χ0) is 14.5. The van der Waals surface area contributed by atoms with Gasteiger partial charge in [-0.1, -0.05) is 6.92 Å². The van der Waals surface area contributed by atoms with Crippen molar-refractivity contribution in [3.8, 4) is 0 Å². The molecule has 0 aromatic rings. The van der Waals surface area contributed by atoms with E-state index >= 15 is 0 Å². The molecule has 1 amide bonds. The summed E-state index contributed by atoms with van der Waals surface area (Å²) in [4.78, 5) is 24.8. The molecule has 0 radical (unpaired) electrons. The van der Waals surface area contributed by atoms with E-state index < -0.39 is 11.5 Å². The standard InChI is InChI=1S/C13H24N2O3S/c1-10(8-13(2,14)12(17)18)19-9-11(16)15-6-4-3-5-7-15/h10H,3-9,14H2,1-2H3,(H,17,18). The van der Waals surface area contributed by atoms with Crippen LogP contribution < -0.4 is 5.73 Å². The molecule has 19 heavy (non-hydrogen) atoms. The molecule has 5 nitrogen and oxygen atoms in total. The monoisotopic (exact) mass is 288 g/mol. The molecular formula is C13H24N2O3S. The molecule has 1 saturated heterocycles. The van der Waals surface area contributed by atoms with Crippen molar-refractivity contribution in [2.45, 2.75) is 50.3 Å². The second-order valence-electron chi connectivity index (χ2n) is 5.49. The summed E-state index contributed by atoms with van der Waals surface area (Å²) in [7, 11) is 0. The fourth-order valence-electron chi connectivity index (χ4n) is 2.19. The SMILES string of the molecule is CC(CC(C)(N)C(=O)O)SCC(=O)N1CCCCC1. The summed E-state index contributed by atoms with van der Waals surface area (Å²) in [5, 5.41) is 9.02. The smallest absolute Gasteiger partial charge is 0.323 e. The van der Waals surface area contributed by atoms with Crippen LogP contribution in [-0.2, 0) is 9.59 Å². The van der Waals surface area contributed by atoms with Gasteiger partial charge >= 0.3 is 5.97 Å². The minimum atomic E-state index is -1.22. The number of piperidine rings is 1. The number of hydrogen-bond donors (Lipinski definition) is 2. The highest BCUT2D eigenvalue weighted by molar-refractivity contribution is 8.00. The lowest BCUT2D eigenvalue weighted by Crippen LogP contribution is -2.46. The van der Waals surface area contributed by atoms with E-state index in [2.05, 4.69) is 0 Å². The number of amides is 1. The van der Waals surface area contributed by atoms with Gasteiger partial charge in [-0.25, -0.2) is 0 Å². The molecule has 0 aliphatic carbocycles. The van der Waals surface area contributed by atoms with Crippen LogP contribution in [0.3, 0.4) is 0 Å². The van der Waals surface area contributed by atoms with E-state index in [1.165, 1.54) is 25.1 Å². The van der Waals surface area contributed by atoms with E-state index in [1.54, 1.807) is 0 Å². The highest BCUT2D eigenvalue weighted by Gasteiger charge is 2.30. The van der Waals surface area contributed by atoms with Gasteiger partial charge in [0.05, 0.1) is 5.75 Å². The third-order valence-electron chi connectivity index (χ3n) is 3.40. The summed E-state index contributed by atoms with van der Waals surface area (Å²) in [6.45, 7) is 5.15. The first-order valence-corrected chi connectivity index (χ1v) is 7.79. The minimum absolute atomic E-state index is 0.0554. The number of hydrogen-bond acceptors (Lipinski definition) is 4. The number of nitrogens with zero attached hydrogens (tertiary/aromatic N) is 1. The van der Waals surface area contributed by atoms with Crippen LogP contribution in [0.1, 0.15) is 39.5 Å². The lowest BCUT2D eigenvalue weighted by molar-refractivity contribution is -0.142. The van der Waals surface area contributed by atoms with Crippen LogP contribution in [0.15, 0.2) is 0 Å².